The highest BCUT2D eigenvalue weighted by atomic mass is 15.3. The summed E-state index contributed by atoms with van der Waals surface area (Å²) in [6.07, 6.45) is 1.78. The summed E-state index contributed by atoms with van der Waals surface area (Å²) in [5.41, 5.74) is 4.17. The Labute approximate surface area is 136 Å². The molecule has 0 fully saturated rings. The molecular weight excluding hydrogens is 288 g/mol. The molecule has 0 saturated heterocycles. The number of hydrogen-bond acceptors (Lipinski definition) is 4. The first-order valence-electron chi connectivity index (χ1n) is 8.06. The average molecular weight is 312 g/mol. The lowest BCUT2D eigenvalue weighted by Gasteiger charge is -2.18. The van der Waals surface area contributed by atoms with Crippen molar-refractivity contribution in [3.8, 4) is 0 Å². The third-order valence-electron chi connectivity index (χ3n) is 3.92. The average Bonchev–Trinajstić information content (AvgIpc) is 3.05. The maximum Gasteiger partial charge on any atom is 0.157 e. The Hall–Kier alpha value is -2.37. The van der Waals surface area contributed by atoms with Crippen molar-refractivity contribution in [2.45, 2.75) is 53.1 Å². The van der Waals surface area contributed by atoms with Gasteiger partial charge in [0.1, 0.15) is 5.82 Å². The van der Waals surface area contributed by atoms with Crippen LogP contribution in [0.2, 0.25) is 0 Å². The SMILES string of the molecule is Cc1cc(C)n(CC(C)Nc2cc(C(C)C)nc3ccnn23)n1. The molecule has 0 radical (unpaired) electrons. The standard InChI is InChI=1S/C17H24N6/c1-11(2)15-9-17(23-16(20-15)6-7-18-23)19-13(4)10-22-14(5)8-12(3)21-22/h6-9,11,13,19H,10H2,1-5H3. The molecule has 0 spiro atoms. The number of aryl methyl sites for hydroxylation is 2. The number of hydrogen-bond donors (Lipinski definition) is 1. The zero-order valence-electron chi connectivity index (χ0n) is 14.4. The molecule has 0 aromatic carbocycles. The highest BCUT2D eigenvalue weighted by molar-refractivity contribution is 5.50. The first-order chi connectivity index (χ1) is 10.9. The number of nitrogens with zero attached hydrogens (tertiary/aromatic N) is 5. The maximum absolute atomic E-state index is 4.65. The van der Waals surface area contributed by atoms with Crippen LogP contribution in [0.3, 0.4) is 0 Å². The highest BCUT2D eigenvalue weighted by Gasteiger charge is 2.12. The summed E-state index contributed by atoms with van der Waals surface area (Å²) in [5.74, 6) is 1.35. The molecule has 1 atom stereocenters. The molecule has 0 aliphatic heterocycles. The fourth-order valence-corrected chi connectivity index (χ4v) is 2.75. The van der Waals surface area contributed by atoms with Crippen molar-refractivity contribution in [3.05, 3.63) is 41.5 Å². The first kappa shape index (κ1) is 15.5. The van der Waals surface area contributed by atoms with Gasteiger partial charge in [0.05, 0.1) is 18.4 Å². The first-order valence-corrected chi connectivity index (χ1v) is 8.06. The zero-order valence-corrected chi connectivity index (χ0v) is 14.4. The van der Waals surface area contributed by atoms with Gasteiger partial charge in [-0.2, -0.15) is 14.7 Å². The molecule has 0 saturated carbocycles. The minimum atomic E-state index is 0.225. The third kappa shape index (κ3) is 3.21. The summed E-state index contributed by atoms with van der Waals surface area (Å²) < 4.78 is 3.89. The Morgan fingerprint density at radius 2 is 1.96 bits per heavy atom. The second kappa shape index (κ2) is 6.02. The van der Waals surface area contributed by atoms with Crippen LogP contribution >= 0.6 is 0 Å². The summed E-state index contributed by atoms with van der Waals surface area (Å²) in [5, 5.41) is 12.5. The van der Waals surface area contributed by atoms with Gasteiger partial charge in [0.2, 0.25) is 0 Å². The maximum atomic E-state index is 4.65. The lowest BCUT2D eigenvalue weighted by Crippen LogP contribution is -2.25. The number of fused-ring (bicyclic) bond motifs is 1. The van der Waals surface area contributed by atoms with Crippen LogP contribution in [0.1, 0.15) is 43.8 Å². The topological polar surface area (TPSA) is 60.0 Å². The van der Waals surface area contributed by atoms with Gasteiger partial charge < -0.3 is 5.32 Å². The second-order valence-corrected chi connectivity index (χ2v) is 6.48. The summed E-state index contributed by atoms with van der Waals surface area (Å²) in [6, 6.07) is 6.34. The number of rotatable bonds is 5. The summed E-state index contributed by atoms with van der Waals surface area (Å²) in [4.78, 5) is 4.65. The van der Waals surface area contributed by atoms with Crippen molar-refractivity contribution in [1.82, 2.24) is 24.4 Å². The molecular formula is C17H24N6. The van der Waals surface area contributed by atoms with Crippen molar-refractivity contribution in [2.75, 3.05) is 5.32 Å². The molecule has 23 heavy (non-hydrogen) atoms. The van der Waals surface area contributed by atoms with E-state index >= 15 is 0 Å². The van der Waals surface area contributed by atoms with Crippen molar-refractivity contribution >= 4 is 11.5 Å². The van der Waals surface area contributed by atoms with Gasteiger partial charge in [0.15, 0.2) is 5.65 Å². The molecule has 6 heteroatoms. The largest absolute Gasteiger partial charge is 0.366 e. The van der Waals surface area contributed by atoms with E-state index in [0.717, 1.165) is 29.4 Å². The van der Waals surface area contributed by atoms with Gasteiger partial charge in [-0.05, 0) is 32.8 Å². The van der Waals surface area contributed by atoms with E-state index in [9.17, 15) is 0 Å². The quantitative estimate of drug-likeness (QED) is 0.786. The smallest absolute Gasteiger partial charge is 0.157 e. The molecule has 3 rings (SSSR count). The van der Waals surface area contributed by atoms with E-state index in [1.807, 2.05) is 22.2 Å². The number of anilines is 1. The minimum Gasteiger partial charge on any atom is -0.366 e. The summed E-state index contributed by atoms with van der Waals surface area (Å²) in [7, 11) is 0. The molecule has 3 heterocycles. The molecule has 1 unspecified atom stereocenters. The Morgan fingerprint density at radius 3 is 2.61 bits per heavy atom. The van der Waals surface area contributed by atoms with Gasteiger partial charge >= 0.3 is 0 Å². The van der Waals surface area contributed by atoms with Gasteiger partial charge in [-0.1, -0.05) is 13.8 Å². The van der Waals surface area contributed by atoms with E-state index in [1.165, 1.54) is 5.69 Å². The van der Waals surface area contributed by atoms with Crippen LogP contribution in [0.25, 0.3) is 5.65 Å². The van der Waals surface area contributed by atoms with E-state index in [2.05, 4.69) is 60.3 Å². The molecule has 1 N–H and O–H groups in total. The highest BCUT2D eigenvalue weighted by Crippen LogP contribution is 2.19. The van der Waals surface area contributed by atoms with E-state index in [1.54, 1.807) is 6.20 Å². The minimum absolute atomic E-state index is 0.225. The van der Waals surface area contributed by atoms with E-state index in [4.69, 9.17) is 0 Å². The Bertz CT molecular complexity index is 814. The van der Waals surface area contributed by atoms with Crippen LogP contribution in [-0.2, 0) is 6.54 Å². The monoisotopic (exact) mass is 312 g/mol. The fourth-order valence-electron chi connectivity index (χ4n) is 2.75. The third-order valence-corrected chi connectivity index (χ3v) is 3.92. The Balaban J connectivity index is 1.85. The van der Waals surface area contributed by atoms with Gasteiger partial charge in [0, 0.05) is 29.6 Å². The zero-order chi connectivity index (χ0) is 16.6. The molecule has 3 aromatic heterocycles. The molecule has 122 valence electrons. The summed E-state index contributed by atoms with van der Waals surface area (Å²) in [6.45, 7) is 11.4. The van der Waals surface area contributed by atoms with E-state index < -0.39 is 0 Å². The van der Waals surface area contributed by atoms with Crippen molar-refractivity contribution in [3.63, 3.8) is 0 Å². The van der Waals surface area contributed by atoms with Gasteiger partial charge in [0.25, 0.3) is 0 Å². The summed E-state index contributed by atoms with van der Waals surface area (Å²) >= 11 is 0. The van der Waals surface area contributed by atoms with Crippen LogP contribution in [-0.4, -0.2) is 30.4 Å². The lowest BCUT2D eigenvalue weighted by molar-refractivity contribution is 0.543. The molecule has 0 amide bonds. The van der Waals surface area contributed by atoms with Crippen LogP contribution in [0.15, 0.2) is 24.4 Å². The van der Waals surface area contributed by atoms with Gasteiger partial charge in [-0.25, -0.2) is 4.98 Å². The lowest BCUT2D eigenvalue weighted by atomic mass is 10.1. The number of nitrogens with one attached hydrogen (secondary N) is 1. The molecule has 0 bridgehead atoms. The fraction of sp³-hybridized carbons (Fsp3) is 0.471. The van der Waals surface area contributed by atoms with Gasteiger partial charge in [-0.15, -0.1) is 0 Å². The molecule has 0 aliphatic rings. The van der Waals surface area contributed by atoms with Crippen molar-refractivity contribution < 1.29 is 0 Å². The van der Waals surface area contributed by atoms with Crippen LogP contribution < -0.4 is 5.32 Å². The molecule has 3 aromatic rings. The molecule has 0 aliphatic carbocycles. The Kier molecular flexibility index (Phi) is 4.07. The molecule has 6 nitrogen and oxygen atoms in total. The van der Waals surface area contributed by atoms with E-state index in [0.29, 0.717) is 5.92 Å². The normalized spacial score (nSPS) is 13.0. The second-order valence-electron chi connectivity index (χ2n) is 6.48. The Morgan fingerprint density at radius 1 is 1.17 bits per heavy atom. The van der Waals surface area contributed by atoms with Crippen molar-refractivity contribution in [1.29, 1.82) is 0 Å². The predicted molar refractivity (Wildman–Crippen MR) is 91.9 cm³/mol. The van der Waals surface area contributed by atoms with Crippen LogP contribution in [0.4, 0.5) is 5.82 Å². The number of aromatic nitrogens is 5. The predicted octanol–water partition coefficient (Wildman–Crippen LogP) is 3.17. The van der Waals surface area contributed by atoms with Crippen molar-refractivity contribution in [2.24, 2.45) is 0 Å². The van der Waals surface area contributed by atoms with E-state index in [-0.39, 0.29) is 6.04 Å². The van der Waals surface area contributed by atoms with Crippen LogP contribution in [0, 0.1) is 13.8 Å². The van der Waals surface area contributed by atoms with Gasteiger partial charge in [-0.3, -0.25) is 4.68 Å². The van der Waals surface area contributed by atoms with Crippen LogP contribution in [0.5, 0.6) is 0 Å².